The van der Waals surface area contributed by atoms with E-state index in [1.165, 1.54) is 0 Å². The molecule has 0 saturated heterocycles. The van der Waals surface area contributed by atoms with Crippen molar-refractivity contribution in [1.29, 1.82) is 0 Å². The third kappa shape index (κ3) is 2.93. The highest BCUT2D eigenvalue weighted by Crippen LogP contribution is 2.05. The first-order chi connectivity index (χ1) is 7.58. The molecule has 0 saturated carbocycles. The van der Waals surface area contributed by atoms with Gasteiger partial charge in [-0.1, -0.05) is 6.92 Å². The summed E-state index contributed by atoms with van der Waals surface area (Å²) in [5.74, 6) is -0.304. The van der Waals surface area contributed by atoms with Gasteiger partial charge in [0, 0.05) is 6.54 Å². The number of nitrogens with two attached hydrogens (primary N) is 1. The normalized spacial score (nSPS) is 9.88. The molecule has 0 fully saturated rings. The van der Waals surface area contributed by atoms with E-state index in [0.717, 1.165) is 12.1 Å². The smallest absolute Gasteiger partial charge is 0.287 e. The number of thiocarbonyl (C=S) groups is 1. The molecular formula is C9H15N5OS. The molecule has 0 aliphatic rings. The van der Waals surface area contributed by atoms with Crippen LogP contribution in [0, 0.1) is 0 Å². The van der Waals surface area contributed by atoms with Crippen molar-refractivity contribution < 1.29 is 4.79 Å². The lowest BCUT2D eigenvalue weighted by Gasteiger charge is -2.06. The third-order valence-electron chi connectivity index (χ3n) is 2.02. The first-order valence-electron chi connectivity index (χ1n) is 5.01. The second kappa shape index (κ2) is 5.45. The minimum Gasteiger partial charge on any atom is -0.375 e. The Labute approximate surface area is 99.2 Å². The number of hydrogen-bond donors (Lipinski definition) is 3. The molecule has 16 heavy (non-hydrogen) atoms. The lowest BCUT2D eigenvalue weighted by atomic mass is 10.3. The van der Waals surface area contributed by atoms with Gasteiger partial charge in [0.25, 0.3) is 5.91 Å². The second-order valence-corrected chi connectivity index (χ2v) is 3.57. The van der Waals surface area contributed by atoms with Crippen molar-refractivity contribution in [3.8, 4) is 0 Å². The molecule has 0 aromatic carbocycles. The van der Waals surface area contributed by atoms with Crippen molar-refractivity contribution in [2.45, 2.75) is 26.8 Å². The van der Waals surface area contributed by atoms with E-state index in [0.29, 0.717) is 12.2 Å². The lowest BCUT2D eigenvalue weighted by molar-refractivity contribution is 0.0933. The molecule has 0 aliphatic carbocycles. The van der Waals surface area contributed by atoms with Crippen molar-refractivity contribution in [2.24, 2.45) is 5.73 Å². The van der Waals surface area contributed by atoms with Crippen LogP contribution in [-0.4, -0.2) is 20.8 Å². The van der Waals surface area contributed by atoms with Gasteiger partial charge in [-0.15, -0.1) is 0 Å². The number of nitrogens with one attached hydrogen (secondary N) is 2. The summed E-state index contributed by atoms with van der Waals surface area (Å²) in [6, 6.07) is 1.75. The number of nitrogens with zero attached hydrogens (tertiary/aromatic N) is 2. The summed E-state index contributed by atoms with van der Waals surface area (Å²) < 4.78 is 1.63. The van der Waals surface area contributed by atoms with Crippen molar-refractivity contribution in [3.63, 3.8) is 0 Å². The van der Waals surface area contributed by atoms with Gasteiger partial charge < -0.3 is 5.73 Å². The largest absolute Gasteiger partial charge is 0.375 e. The SMILES string of the molecule is CCc1cc(C(=O)NNC(N)=S)n(CC)n1. The number of hydrazine groups is 1. The number of aryl methyl sites for hydroxylation is 2. The van der Waals surface area contributed by atoms with Gasteiger partial charge in [0.2, 0.25) is 0 Å². The van der Waals surface area contributed by atoms with Crippen molar-refractivity contribution in [2.75, 3.05) is 0 Å². The molecule has 88 valence electrons. The zero-order valence-electron chi connectivity index (χ0n) is 9.28. The van der Waals surface area contributed by atoms with E-state index in [4.69, 9.17) is 5.73 Å². The number of rotatable bonds is 3. The molecule has 0 radical (unpaired) electrons. The van der Waals surface area contributed by atoms with Gasteiger partial charge in [0.1, 0.15) is 5.69 Å². The van der Waals surface area contributed by atoms with Crippen LogP contribution in [0.3, 0.4) is 0 Å². The summed E-state index contributed by atoms with van der Waals surface area (Å²) in [6.45, 7) is 4.54. The van der Waals surface area contributed by atoms with Crippen LogP contribution in [0.25, 0.3) is 0 Å². The van der Waals surface area contributed by atoms with E-state index >= 15 is 0 Å². The Hall–Kier alpha value is -1.63. The van der Waals surface area contributed by atoms with Gasteiger partial charge in [-0.05, 0) is 31.6 Å². The molecule has 1 aromatic heterocycles. The van der Waals surface area contributed by atoms with Gasteiger partial charge in [0.05, 0.1) is 5.69 Å². The van der Waals surface area contributed by atoms with E-state index in [1.807, 2.05) is 13.8 Å². The zero-order chi connectivity index (χ0) is 12.1. The zero-order valence-corrected chi connectivity index (χ0v) is 10.1. The Kier molecular flexibility index (Phi) is 4.24. The maximum Gasteiger partial charge on any atom is 0.287 e. The van der Waals surface area contributed by atoms with Crippen molar-refractivity contribution in [3.05, 3.63) is 17.5 Å². The second-order valence-electron chi connectivity index (χ2n) is 3.13. The van der Waals surface area contributed by atoms with Gasteiger partial charge >= 0.3 is 0 Å². The van der Waals surface area contributed by atoms with Crippen LogP contribution >= 0.6 is 12.2 Å². The monoisotopic (exact) mass is 241 g/mol. The first kappa shape index (κ1) is 12.4. The predicted molar refractivity (Wildman–Crippen MR) is 64.7 cm³/mol. The molecule has 1 aromatic rings. The first-order valence-corrected chi connectivity index (χ1v) is 5.41. The molecule has 4 N–H and O–H groups in total. The Morgan fingerprint density at radius 2 is 2.25 bits per heavy atom. The number of carbonyl (C=O) groups excluding carboxylic acids is 1. The van der Waals surface area contributed by atoms with Gasteiger partial charge in [0.15, 0.2) is 5.11 Å². The number of amides is 1. The summed E-state index contributed by atoms with van der Waals surface area (Å²) in [7, 11) is 0. The van der Waals surface area contributed by atoms with Crippen LogP contribution in [0.4, 0.5) is 0 Å². The molecular weight excluding hydrogens is 226 g/mol. The summed E-state index contributed by atoms with van der Waals surface area (Å²) >= 11 is 4.58. The quantitative estimate of drug-likeness (QED) is 0.510. The molecule has 0 aliphatic heterocycles. The fourth-order valence-corrected chi connectivity index (χ4v) is 1.30. The van der Waals surface area contributed by atoms with Crippen molar-refractivity contribution in [1.82, 2.24) is 20.6 Å². The van der Waals surface area contributed by atoms with Crippen LogP contribution in [0.1, 0.15) is 30.0 Å². The lowest BCUT2D eigenvalue weighted by Crippen LogP contribution is -2.44. The molecule has 1 heterocycles. The van der Waals surface area contributed by atoms with Crippen LogP contribution < -0.4 is 16.6 Å². The number of aromatic nitrogens is 2. The Bertz CT molecular complexity index is 401. The summed E-state index contributed by atoms with van der Waals surface area (Å²) in [4.78, 5) is 11.7. The maximum absolute atomic E-state index is 11.7. The average molecular weight is 241 g/mol. The van der Waals surface area contributed by atoms with Crippen LogP contribution in [0.2, 0.25) is 0 Å². The molecule has 0 spiro atoms. The highest BCUT2D eigenvalue weighted by Gasteiger charge is 2.13. The molecule has 1 rings (SSSR count). The van der Waals surface area contributed by atoms with E-state index in [-0.39, 0.29) is 11.0 Å². The van der Waals surface area contributed by atoms with E-state index in [1.54, 1.807) is 10.7 Å². The third-order valence-corrected chi connectivity index (χ3v) is 2.13. The van der Waals surface area contributed by atoms with E-state index in [9.17, 15) is 4.79 Å². The molecule has 6 nitrogen and oxygen atoms in total. The van der Waals surface area contributed by atoms with Crippen LogP contribution in [0.15, 0.2) is 6.07 Å². The fraction of sp³-hybridized carbons (Fsp3) is 0.444. The Morgan fingerprint density at radius 3 is 2.75 bits per heavy atom. The average Bonchev–Trinajstić information content (AvgIpc) is 2.68. The van der Waals surface area contributed by atoms with Gasteiger partial charge in [-0.25, -0.2) is 0 Å². The van der Waals surface area contributed by atoms with Crippen LogP contribution in [-0.2, 0) is 13.0 Å². The van der Waals surface area contributed by atoms with E-state index in [2.05, 4.69) is 28.2 Å². The molecule has 0 atom stereocenters. The number of carbonyl (C=O) groups is 1. The van der Waals surface area contributed by atoms with Gasteiger partial charge in [-0.2, -0.15) is 5.10 Å². The van der Waals surface area contributed by atoms with Crippen LogP contribution in [0.5, 0.6) is 0 Å². The molecule has 7 heteroatoms. The summed E-state index contributed by atoms with van der Waals surface area (Å²) in [5.41, 5.74) is 11.4. The topological polar surface area (TPSA) is 85.0 Å². The Balaban J connectivity index is 2.80. The highest BCUT2D eigenvalue weighted by molar-refractivity contribution is 7.80. The molecule has 0 unspecified atom stereocenters. The summed E-state index contributed by atoms with van der Waals surface area (Å²) in [5, 5.41) is 4.28. The summed E-state index contributed by atoms with van der Waals surface area (Å²) in [6.07, 6.45) is 0.788. The predicted octanol–water partition coefficient (Wildman–Crippen LogP) is -0.0566. The molecule has 0 bridgehead atoms. The fourth-order valence-electron chi connectivity index (χ4n) is 1.25. The molecule has 1 amide bonds. The minimum atomic E-state index is -0.304. The minimum absolute atomic E-state index is 0.0200. The van der Waals surface area contributed by atoms with E-state index < -0.39 is 0 Å². The van der Waals surface area contributed by atoms with Gasteiger partial charge in [-0.3, -0.25) is 20.3 Å². The standard InChI is InChI=1S/C9H15N5OS/c1-3-6-5-7(14(4-2)13-6)8(15)11-12-9(10)16/h5H,3-4H2,1-2H3,(H,11,15)(H3,10,12,16). The number of hydrogen-bond acceptors (Lipinski definition) is 3. The highest BCUT2D eigenvalue weighted by atomic mass is 32.1. The Morgan fingerprint density at radius 1 is 1.56 bits per heavy atom. The van der Waals surface area contributed by atoms with Crippen molar-refractivity contribution >= 4 is 23.2 Å². The maximum atomic E-state index is 11.7.